The second kappa shape index (κ2) is 28.7. The molecule has 6 unspecified atom stereocenters. The van der Waals surface area contributed by atoms with E-state index in [0.29, 0.717) is 0 Å². The van der Waals surface area contributed by atoms with Crippen LogP contribution in [0, 0.1) is 0 Å². The Hall–Kier alpha value is -4.62. The molecular weight excluding hydrogens is 1030 g/mol. The van der Waals surface area contributed by atoms with E-state index in [2.05, 4.69) is 37.2 Å². The molecule has 3 fully saturated rings. The van der Waals surface area contributed by atoms with Crippen LogP contribution in [-0.4, -0.2) is 219 Å². The highest BCUT2D eigenvalue weighted by Crippen LogP contribution is 2.34. The average molecular weight is 1130 g/mol. The van der Waals surface area contributed by atoms with Crippen molar-refractivity contribution in [1.82, 2.24) is 37.2 Å². The molecule has 28 nitrogen and oxygen atoms in total. The molecule has 1 aliphatic carbocycles. The van der Waals surface area contributed by atoms with Crippen LogP contribution in [0.5, 0.6) is 0 Å². The lowest BCUT2D eigenvalue weighted by Crippen LogP contribution is -2.73. The molecule has 14 atom stereocenters. The largest absolute Gasteiger partial charge is 0.444 e. The van der Waals surface area contributed by atoms with E-state index < -0.39 is 176 Å². The van der Waals surface area contributed by atoms with Gasteiger partial charge in [-0.3, -0.25) is 4.79 Å². The lowest BCUT2D eigenvalue weighted by Gasteiger charge is -2.51. The Labute approximate surface area is 456 Å². The second-order valence-corrected chi connectivity index (χ2v) is 24.5. The molecule has 452 valence electrons. The first-order valence-corrected chi connectivity index (χ1v) is 26.3. The van der Waals surface area contributed by atoms with Gasteiger partial charge >= 0.3 is 30.5 Å². The minimum Gasteiger partial charge on any atom is -0.444 e. The van der Waals surface area contributed by atoms with Crippen LogP contribution in [0.25, 0.3) is 0 Å². The van der Waals surface area contributed by atoms with Gasteiger partial charge in [-0.05, 0) is 130 Å². The molecule has 2 heterocycles. The molecule has 3 rings (SSSR count). The van der Waals surface area contributed by atoms with E-state index >= 15 is 0 Å². The van der Waals surface area contributed by atoms with E-state index in [4.69, 9.17) is 42.6 Å². The Kier molecular flexibility index (Phi) is 24.9. The number of nitrogens with one attached hydrogen (secondary N) is 7. The van der Waals surface area contributed by atoms with Crippen LogP contribution in [0.3, 0.4) is 0 Å². The summed E-state index contributed by atoms with van der Waals surface area (Å²) in [5.41, 5.74) is -4.76. The number of hydrogen-bond donors (Lipinski definition) is 13. The number of rotatable bonds is 19. The summed E-state index contributed by atoms with van der Waals surface area (Å²) in [6, 6.07) is -8.16. The quantitative estimate of drug-likeness (QED) is 0.0778. The third-order valence-corrected chi connectivity index (χ3v) is 11.5. The predicted molar refractivity (Wildman–Crippen MR) is 275 cm³/mol. The van der Waals surface area contributed by atoms with Gasteiger partial charge in [-0.2, -0.15) is 0 Å². The number of carbonyl (C=O) groups excluding carboxylic acids is 6. The molecule has 0 aromatic carbocycles. The van der Waals surface area contributed by atoms with E-state index in [-0.39, 0.29) is 38.8 Å². The Morgan fingerprint density at radius 2 is 0.987 bits per heavy atom. The number of aliphatic hydroxyl groups is 6. The van der Waals surface area contributed by atoms with Gasteiger partial charge in [0.25, 0.3) is 0 Å². The van der Waals surface area contributed by atoms with Gasteiger partial charge in [0.05, 0.1) is 74.4 Å². The van der Waals surface area contributed by atoms with Crippen molar-refractivity contribution < 1.29 is 102 Å². The number of carbonyl (C=O) groups is 6. The van der Waals surface area contributed by atoms with E-state index in [1.165, 1.54) is 0 Å². The molecule has 2 aliphatic heterocycles. The van der Waals surface area contributed by atoms with Crippen molar-refractivity contribution in [2.24, 2.45) is 0 Å². The molecule has 3 aliphatic rings. The Balaban J connectivity index is 2.28. The summed E-state index contributed by atoms with van der Waals surface area (Å²) in [5.74, 6) is -1.04. The molecular formula is C50H91N7O21. The van der Waals surface area contributed by atoms with Crippen LogP contribution in [0.15, 0.2) is 0 Å². The third-order valence-electron chi connectivity index (χ3n) is 11.5. The monoisotopic (exact) mass is 1130 g/mol. The predicted octanol–water partition coefficient (Wildman–Crippen LogP) is 0.381. The average Bonchev–Trinajstić information content (AvgIpc) is 3.26. The van der Waals surface area contributed by atoms with Gasteiger partial charge in [0.2, 0.25) is 5.91 Å². The molecule has 2 saturated heterocycles. The Bertz CT molecular complexity index is 1950. The summed E-state index contributed by atoms with van der Waals surface area (Å²) in [4.78, 5) is 79.9. The van der Waals surface area contributed by atoms with Crippen molar-refractivity contribution in [3.8, 4) is 0 Å². The summed E-state index contributed by atoms with van der Waals surface area (Å²) < 4.78 is 53.3. The zero-order chi connectivity index (χ0) is 59.3. The number of hydrogen-bond acceptors (Lipinski definition) is 22. The number of ether oxygens (including phenoxy) is 9. The van der Waals surface area contributed by atoms with Crippen molar-refractivity contribution in [2.45, 2.75) is 249 Å². The SMILES string of the molecule is CC(C)(C)OC(=O)NCC[C@H](O)C(=O)N[C@@H]1C[C@H](NC(=O)OC(C)(C)C)C(O[C@@H]2OC(CNC(=O)OC(C)(C)C)CCC2NC(=O)OC(C)(C)C)C(NC(CO)CO)[C@@H]1O[C@@H]1OC(CO)[C@H](O)[C@H](NC(=O)OC(C)(C)C)C1O. The second-order valence-electron chi connectivity index (χ2n) is 24.5. The molecule has 13 N–H and O–H groups in total. The molecule has 0 aromatic heterocycles. The van der Waals surface area contributed by atoms with Crippen LogP contribution >= 0.6 is 0 Å². The van der Waals surface area contributed by atoms with Crippen LogP contribution in [0.4, 0.5) is 24.0 Å². The van der Waals surface area contributed by atoms with E-state index in [1.807, 2.05) is 0 Å². The van der Waals surface area contributed by atoms with Crippen molar-refractivity contribution in [2.75, 3.05) is 32.9 Å². The number of amides is 6. The maximum atomic E-state index is 14.1. The normalized spacial score (nSPS) is 28.5. The fourth-order valence-electron chi connectivity index (χ4n) is 8.35. The van der Waals surface area contributed by atoms with Gasteiger partial charge < -0.3 is 110 Å². The summed E-state index contributed by atoms with van der Waals surface area (Å²) >= 11 is 0. The fourth-order valence-corrected chi connectivity index (χ4v) is 8.35. The number of alkyl carbamates (subject to hydrolysis) is 5. The topological polar surface area (TPSA) is 391 Å². The van der Waals surface area contributed by atoms with Gasteiger partial charge in [-0.1, -0.05) is 0 Å². The van der Waals surface area contributed by atoms with Crippen LogP contribution in [0.2, 0.25) is 0 Å². The van der Waals surface area contributed by atoms with E-state index in [0.717, 1.165) is 0 Å². The summed E-state index contributed by atoms with van der Waals surface area (Å²) in [6.07, 6.45) is -19.3. The summed E-state index contributed by atoms with van der Waals surface area (Å²) in [7, 11) is 0. The minimum absolute atomic E-state index is 0.111. The van der Waals surface area contributed by atoms with Gasteiger partial charge in [-0.25, -0.2) is 24.0 Å². The highest BCUT2D eigenvalue weighted by Gasteiger charge is 2.54. The molecule has 6 amide bonds. The maximum absolute atomic E-state index is 14.1. The fraction of sp³-hybridized carbons (Fsp3) is 0.880. The van der Waals surface area contributed by atoms with E-state index in [1.54, 1.807) is 104 Å². The highest BCUT2D eigenvalue weighted by molar-refractivity contribution is 5.81. The highest BCUT2D eigenvalue weighted by atomic mass is 16.7. The van der Waals surface area contributed by atoms with Gasteiger partial charge in [-0.15, -0.1) is 0 Å². The van der Waals surface area contributed by atoms with Gasteiger partial charge in [0.15, 0.2) is 12.6 Å². The van der Waals surface area contributed by atoms with Crippen LogP contribution in [0.1, 0.15) is 130 Å². The van der Waals surface area contributed by atoms with Crippen LogP contribution < -0.4 is 37.2 Å². The molecule has 0 bridgehead atoms. The van der Waals surface area contributed by atoms with Crippen molar-refractivity contribution in [3.05, 3.63) is 0 Å². The van der Waals surface area contributed by atoms with Crippen molar-refractivity contribution in [1.29, 1.82) is 0 Å². The van der Waals surface area contributed by atoms with Crippen molar-refractivity contribution >= 4 is 36.4 Å². The van der Waals surface area contributed by atoms with E-state index in [9.17, 15) is 59.4 Å². The van der Waals surface area contributed by atoms with Crippen LogP contribution in [-0.2, 0) is 47.4 Å². The summed E-state index contributed by atoms with van der Waals surface area (Å²) in [6.45, 7) is 21.8. The van der Waals surface area contributed by atoms with Gasteiger partial charge in [0, 0.05) is 13.1 Å². The molecule has 0 aromatic rings. The smallest absolute Gasteiger partial charge is 0.408 e. The zero-order valence-electron chi connectivity index (χ0n) is 47.8. The first-order valence-electron chi connectivity index (χ1n) is 26.3. The number of aliphatic hydroxyl groups excluding tert-OH is 6. The minimum atomic E-state index is -1.98. The van der Waals surface area contributed by atoms with Gasteiger partial charge in [0.1, 0.15) is 52.4 Å². The standard InChI is InChI=1S/C50H91N7O21/c1-46(2,3)74-41(65)51-19-18-30(61)38(64)54-28-20-29(56-44(68)77-49(10,11)12)37(72-39-27(55-43(67)76-48(7,8)9)17-16-26(70-39)21-52-42(66)75-47(4,5)6)33(53-25(22-58)23-59)36(28)73-40-35(63)32(34(62)31(24-60)71-40)57-45(69)78-50(13,14)15/h25-37,39-40,53,58-63H,16-24H2,1-15H3,(H,51,65)(H,52,66)(H,54,64)(H,55,67)(H,56,68)(H,57,69)/t26?,27?,28-,29+,30+,31?,32+,33?,34+,35?,36-,37?,39+,40+/m1/s1. The molecule has 0 radical (unpaired) electrons. The first kappa shape index (κ1) is 67.7. The lowest BCUT2D eigenvalue weighted by molar-refractivity contribution is -0.306. The molecule has 0 spiro atoms. The Morgan fingerprint density at radius 3 is 1.47 bits per heavy atom. The first-order chi connectivity index (χ1) is 35.8. The lowest BCUT2D eigenvalue weighted by atomic mass is 9.80. The Morgan fingerprint density at radius 1 is 0.538 bits per heavy atom. The molecule has 1 saturated carbocycles. The summed E-state index contributed by atoms with van der Waals surface area (Å²) in [5, 5.41) is 85.1. The third kappa shape index (κ3) is 23.6. The van der Waals surface area contributed by atoms with Crippen molar-refractivity contribution in [3.63, 3.8) is 0 Å². The molecule has 78 heavy (non-hydrogen) atoms. The molecule has 28 heteroatoms. The zero-order valence-corrected chi connectivity index (χ0v) is 47.8. The maximum Gasteiger partial charge on any atom is 0.408 e.